The van der Waals surface area contributed by atoms with Crippen LogP contribution in [-0.2, 0) is 24.3 Å². The number of rotatable bonds is 7. The highest BCUT2D eigenvalue weighted by Gasteiger charge is 2.67. The molecule has 3 aromatic carbocycles. The molecule has 202 valence electrons. The van der Waals surface area contributed by atoms with Gasteiger partial charge >= 0.3 is 5.97 Å². The van der Waals surface area contributed by atoms with Crippen LogP contribution in [-0.4, -0.2) is 43.5 Å². The third-order valence-electron chi connectivity index (χ3n) is 7.62. The predicted molar refractivity (Wildman–Crippen MR) is 148 cm³/mol. The number of nitrogens with zero attached hydrogens (tertiary/aromatic N) is 3. The molecule has 0 unspecified atom stereocenters. The monoisotopic (exact) mass is 545 g/mol. The molecule has 1 amide bonds. The molecule has 2 aliphatic heterocycles. The van der Waals surface area contributed by atoms with Crippen LogP contribution in [0.25, 0.3) is 0 Å². The van der Waals surface area contributed by atoms with Gasteiger partial charge in [0.05, 0.1) is 35.4 Å². The fourth-order valence-corrected chi connectivity index (χ4v) is 7.54. The van der Waals surface area contributed by atoms with Gasteiger partial charge in [-0.3, -0.25) is 9.59 Å². The fraction of sp³-hybridized carbons (Fsp3) is 0.300. The molecule has 2 aliphatic rings. The van der Waals surface area contributed by atoms with Crippen LogP contribution in [0.4, 0.5) is 5.69 Å². The molecule has 2 heterocycles. The molecular formula is C30H31N3O5S. The smallest absolute Gasteiger partial charge is 0.306 e. The summed E-state index contributed by atoms with van der Waals surface area (Å²) in [5, 5.41) is 6.02. The number of hydrazone groups is 1. The number of carbonyl (C=O) groups is 2. The normalized spacial score (nSPS) is 23.3. The molecule has 1 spiro atoms. The third kappa shape index (κ3) is 4.45. The lowest BCUT2D eigenvalue weighted by atomic mass is 9.66. The van der Waals surface area contributed by atoms with Crippen molar-refractivity contribution < 1.29 is 22.7 Å². The number of aryl methyl sites for hydroxylation is 1. The minimum Gasteiger partial charge on any atom is -0.466 e. The van der Waals surface area contributed by atoms with Gasteiger partial charge in [0.2, 0.25) is 10.0 Å². The topological polar surface area (TPSA) is 96.3 Å². The molecule has 0 bridgehead atoms. The second-order valence-corrected chi connectivity index (χ2v) is 11.8. The summed E-state index contributed by atoms with van der Waals surface area (Å²) in [7, 11) is -4.07. The Morgan fingerprint density at radius 1 is 0.974 bits per heavy atom. The highest BCUT2D eigenvalue weighted by molar-refractivity contribution is 7.89. The Morgan fingerprint density at radius 2 is 1.59 bits per heavy atom. The summed E-state index contributed by atoms with van der Waals surface area (Å²) in [6.45, 7) is 5.49. The van der Waals surface area contributed by atoms with Gasteiger partial charge < -0.3 is 4.74 Å². The second-order valence-electron chi connectivity index (χ2n) is 9.91. The Hall–Kier alpha value is -3.82. The van der Waals surface area contributed by atoms with E-state index in [-0.39, 0.29) is 30.4 Å². The maximum absolute atomic E-state index is 14.6. The lowest BCUT2D eigenvalue weighted by Gasteiger charge is -2.36. The minimum atomic E-state index is -4.07. The van der Waals surface area contributed by atoms with Crippen LogP contribution in [0.1, 0.15) is 37.4 Å². The van der Waals surface area contributed by atoms with E-state index < -0.39 is 33.4 Å². The summed E-state index contributed by atoms with van der Waals surface area (Å²) >= 11 is 0. The maximum Gasteiger partial charge on any atom is 0.306 e. The van der Waals surface area contributed by atoms with E-state index in [2.05, 4.69) is 5.10 Å². The largest absolute Gasteiger partial charge is 0.466 e. The van der Waals surface area contributed by atoms with Gasteiger partial charge in [0.25, 0.3) is 5.91 Å². The summed E-state index contributed by atoms with van der Waals surface area (Å²) in [5.41, 5.74) is 1.19. The molecule has 39 heavy (non-hydrogen) atoms. The van der Waals surface area contributed by atoms with Crippen molar-refractivity contribution in [3.05, 3.63) is 96.1 Å². The molecule has 0 radical (unpaired) electrons. The summed E-state index contributed by atoms with van der Waals surface area (Å²) in [6, 6.07) is 23.9. The molecule has 9 heteroatoms. The van der Waals surface area contributed by atoms with E-state index in [4.69, 9.17) is 4.74 Å². The number of ether oxygens (including phenoxy) is 1. The summed E-state index contributed by atoms with van der Waals surface area (Å²) in [6.07, 6.45) is -0.127. The van der Waals surface area contributed by atoms with E-state index in [1.165, 1.54) is 9.31 Å². The van der Waals surface area contributed by atoms with E-state index in [1.54, 1.807) is 50.2 Å². The number of anilines is 1. The highest BCUT2D eigenvalue weighted by atomic mass is 32.2. The molecular weight excluding hydrogens is 514 g/mol. The molecule has 1 saturated heterocycles. The lowest BCUT2D eigenvalue weighted by Crippen LogP contribution is -2.48. The van der Waals surface area contributed by atoms with Crippen molar-refractivity contribution in [3.8, 4) is 0 Å². The van der Waals surface area contributed by atoms with Crippen LogP contribution in [0.5, 0.6) is 0 Å². The van der Waals surface area contributed by atoms with Gasteiger partial charge in [-0.05, 0) is 50.6 Å². The predicted octanol–water partition coefficient (Wildman–Crippen LogP) is 4.72. The molecule has 3 aromatic rings. The fourth-order valence-electron chi connectivity index (χ4n) is 5.85. The highest BCUT2D eigenvalue weighted by Crippen LogP contribution is 2.58. The number of amides is 1. The Labute approximate surface area is 228 Å². The minimum absolute atomic E-state index is 0.0458. The van der Waals surface area contributed by atoms with E-state index in [0.29, 0.717) is 17.0 Å². The van der Waals surface area contributed by atoms with Gasteiger partial charge in [-0.25, -0.2) is 8.42 Å². The summed E-state index contributed by atoms with van der Waals surface area (Å²) < 4.78 is 35.1. The average molecular weight is 546 g/mol. The maximum atomic E-state index is 14.6. The first-order chi connectivity index (χ1) is 18.7. The van der Waals surface area contributed by atoms with Crippen molar-refractivity contribution in [1.29, 1.82) is 0 Å². The zero-order chi connectivity index (χ0) is 27.8. The molecule has 1 fully saturated rings. The van der Waals surface area contributed by atoms with Crippen LogP contribution >= 0.6 is 0 Å². The van der Waals surface area contributed by atoms with Gasteiger partial charge in [0, 0.05) is 12.5 Å². The van der Waals surface area contributed by atoms with Crippen molar-refractivity contribution in [1.82, 2.24) is 4.31 Å². The molecule has 8 nitrogen and oxygen atoms in total. The van der Waals surface area contributed by atoms with Crippen LogP contribution < -0.4 is 5.01 Å². The number of esters is 1. The standard InChI is InChI=1S/C30H31N3O5S/c1-4-38-27(34)19-24-20-32(39(36,37)26-17-15-21(2)16-18-26)28(23-11-7-5-8-12-23)30(24)22(3)31-33(29(30)35)25-13-9-6-10-14-25/h5-18,24,28H,4,19-20H2,1-3H3/t24-,28-,30+/m0/s1. The van der Waals surface area contributed by atoms with Gasteiger partial charge in [-0.15, -0.1) is 0 Å². The third-order valence-corrected chi connectivity index (χ3v) is 9.47. The van der Waals surface area contributed by atoms with Crippen molar-refractivity contribution in [2.45, 2.75) is 38.1 Å². The Morgan fingerprint density at radius 3 is 2.21 bits per heavy atom. The number of sulfonamides is 1. The van der Waals surface area contributed by atoms with Crippen LogP contribution in [0.15, 0.2) is 94.9 Å². The Balaban J connectivity index is 1.72. The van der Waals surface area contributed by atoms with E-state index in [0.717, 1.165) is 5.56 Å². The first kappa shape index (κ1) is 26.8. The van der Waals surface area contributed by atoms with Crippen LogP contribution in [0.3, 0.4) is 0 Å². The second kappa shape index (κ2) is 10.4. The zero-order valence-electron chi connectivity index (χ0n) is 22.2. The van der Waals surface area contributed by atoms with Crippen LogP contribution in [0, 0.1) is 18.3 Å². The van der Waals surface area contributed by atoms with Crippen molar-refractivity contribution in [2.24, 2.45) is 16.4 Å². The van der Waals surface area contributed by atoms with Crippen molar-refractivity contribution >= 4 is 33.3 Å². The van der Waals surface area contributed by atoms with Crippen molar-refractivity contribution in [3.63, 3.8) is 0 Å². The number of hydrogen-bond acceptors (Lipinski definition) is 6. The summed E-state index contributed by atoms with van der Waals surface area (Å²) in [5.74, 6) is -1.55. The number of carbonyl (C=O) groups excluding carboxylic acids is 2. The number of benzene rings is 3. The Bertz CT molecular complexity index is 1510. The number of hydrogen-bond donors (Lipinski definition) is 0. The van der Waals surface area contributed by atoms with Crippen LogP contribution in [0.2, 0.25) is 0 Å². The first-order valence-corrected chi connectivity index (χ1v) is 14.4. The van der Waals surface area contributed by atoms with E-state index >= 15 is 0 Å². The van der Waals surface area contributed by atoms with Gasteiger partial charge in [0.15, 0.2) is 0 Å². The average Bonchev–Trinajstić information content (AvgIpc) is 3.41. The van der Waals surface area contributed by atoms with Gasteiger partial charge in [-0.1, -0.05) is 66.2 Å². The molecule has 0 N–H and O–H groups in total. The Kier molecular flexibility index (Phi) is 7.13. The zero-order valence-corrected chi connectivity index (χ0v) is 23.0. The molecule has 0 aromatic heterocycles. The molecule has 0 saturated carbocycles. The van der Waals surface area contributed by atoms with E-state index in [9.17, 15) is 18.0 Å². The quantitative estimate of drug-likeness (QED) is 0.401. The van der Waals surface area contributed by atoms with Gasteiger partial charge in [-0.2, -0.15) is 14.4 Å². The number of para-hydroxylation sites is 1. The van der Waals surface area contributed by atoms with Gasteiger partial charge in [0.1, 0.15) is 5.41 Å². The molecule has 3 atom stereocenters. The molecule has 0 aliphatic carbocycles. The molecule has 5 rings (SSSR count). The summed E-state index contributed by atoms with van der Waals surface area (Å²) in [4.78, 5) is 27.5. The van der Waals surface area contributed by atoms with Crippen molar-refractivity contribution in [2.75, 3.05) is 18.2 Å². The lowest BCUT2D eigenvalue weighted by molar-refractivity contribution is -0.145. The van der Waals surface area contributed by atoms with E-state index in [1.807, 2.05) is 55.5 Å². The first-order valence-electron chi connectivity index (χ1n) is 13.0. The SMILES string of the molecule is CCOC(=O)C[C@H]1CN(S(=O)(=O)c2ccc(C)cc2)[C@@H](c2ccccc2)[C@]12C(=O)N(c1ccccc1)N=C2C.